The summed E-state index contributed by atoms with van der Waals surface area (Å²) in [4.78, 5) is 13.0. The highest BCUT2D eigenvalue weighted by atomic mass is 32.2. The number of anilines is 1. The molecule has 1 amide bonds. The number of tetrazole rings is 1. The molecule has 1 fully saturated rings. The predicted molar refractivity (Wildman–Crippen MR) is 112 cm³/mol. The molecule has 0 radical (unpaired) electrons. The van der Waals surface area contributed by atoms with Crippen LogP contribution in [0.2, 0.25) is 0 Å². The number of benzene rings is 2. The van der Waals surface area contributed by atoms with E-state index in [0.29, 0.717) is 36.5 Å². The monoisotopic (exact) mass is 442 g/mol. The van der Waals surface area contributed by atoms with Crippen molar-refractivity contribution in [3.05, 3.63) is 54.9 Å². The van der Waals surface area contributed by atoms with Crippen LogP contribution < -0.4 is 10.1 Å². The van der Waals surface area contributed by atoms with E-state index in [0.717, 1.165) is 0 Å². The Kier molecular flexibility index (Phi) is 5.96. The van der Waals surface area contributed by atoms with Crippen LogP contribution in [0.3, 0.4) is 0 Å². The Morgan fingerprint density at radius 3 is 2.65 bits per heavy atom. The number of ether oxygens (including phenoxy) is 1. The number of methoxy groups -OCH3 is 1. The van der Waals surface area contributed by atoms with Gasteiger partial charge in [-0.3, -0.25) is 4.79 Å². The average Bonchev–Trinajstić information content (AvgIpc) is 3.34. The zero-order chi connectivity index (χ0) is 21.8. The molecule has 0 aliphatic carbocycles. The van der Waals surface area contributed by atoms with E-state index in [1.807, 2.05) is 6.07 Å². The first-order valence-corrected chi connectivity index (χ1v) is 11.2. The van der Waals surface area contributed by atoms with Crippen molar-refractivity contribution in [3.63, 3.8) is 0 Å². The Morgan fingerprint density at radius 2 is 1.94 bits per heavy atom. The number of carbonyl (C=O) groups excluding carboxylic acids is 1. The van der Waals surface area contributed by atoms with E-state index in [1.54, 1.807) is 30.3 Å². The van der Waals surface area contributed by atoms with Crippen molar-refractivity contribution in [1.29, 1.82) is 0 Å². The zero-order valence-corrected chi connectivity index (χ0v) is 17.7. The lowest BCUT2D eigenvalue weighted by molar-refractivity contribution is -0.120. The maximum absolute atomic E-state index is 13.1. The van der Waals surface area contributed by atoms with Gasteiger partial charge < -0.3 is 10.1 Å². The molecule has 0 unspecified atom stereocenters. The third-order valence-corrected chi connectivity index (χ3v) is 7.09. The number of rotatable bonds is 6. The fraction of sp³-hybridized carbons (Fsp3) is 0.300. The molecule has 4 rings (SSSR count). The molecule has 1 N–H and O–H groups in total. The Labute approximate surface area is 179 Å². The molecule has 0 spiro atoms. The molecule has 1 aliphatic rings. The molecule has 1 atom stereocenters. The summed E-state index contributed by atoms with van der Waals surface area (Å²) in [5.74, 6) is -0.119. The summed E-state index contributed by atoms with van der Waals surface area (Å²) in [5.41, 5.74) is 1.21. The minimum Gasteiger partial charge on any atom is -0.495 e. The van der Waals surface area contributed by atoms with Crippen LogP contribution in [-0.2, 0) is 14.8 Å². The first-order chi connectivity index (χ1) is 15.0. The van der Waals surface area contributed by atoms with Crippen LogP contribution in [0.5, 0.6) is 5.75 Å². The van der Waals surface area contributed by atoms with Gasteiger partial charge in [0.25, 0.3) is 0 Å². The van der Waals surface area contributed by atoms with Gasteiger partial charge in [0, 0.05) is 13.1 Å². The van der Waals surface area contributed by atoms with E-state index in [2.05, 4.69) is 20.8 Å². The minimum atomic E-state index is -3.73. The number of para-hydroxylation sites is 2. The summed E-state index contributed by atoms with van der Waals surface area (Å²) < 4.78 is 34.4. The normalized spacial score (nSPS) is 17.3. The Hall–Kier alpha value is -3.31. The molecule has 1 aromatic heterocycles. The van der Waals surface area contributed by atoms with Crippen LogP contribution in [0.4, 0.5) is 5.69 Å². The summed E-state index contributed by atoms with van der Waals surface area (Å²) >= 11 is 0. The largest absolute Gasteiger partial charge is 0.495 e. The number of sulfonamides is 1. The van der Waals surface area contributed by atoms with Gasteiger partial charge in [0.2, 0.25) is 15.9 Å². The highest BCUT2D eigenvalue weighted by Gasteiger charge is 2.33. The average molecular weight is 443 g/mol. The van der Waals surface area contributed by atoms with Gasteiger partial charge in [-0.05, 0) is 59.7 Å². The van der Waals surface area contributed by atoms with Crippen molar-refractivity contribution < 1.29 is 17.9 Å². The molecule has 2 heterocycles. The lowest BCUT2D eigenvalue weighted by atomic mass is 9.98. The highest BCUT2D eigenvalue weighted by Crippen LogP contribution is 2.28. The van der Waals surface area contributed by atoms with E-state index in [9.17, 15) is 13.2 Å². The van der Waals surface area contributed by atoms with Crippen LogP contribution in [0.15, 0.2) is 59.8 Å². The Balaban J connectivity index is 1.47. The van der Waals surface area contributed by atoms with E-state index in [-0.39, 0.29) is 17.3 Å². The van der Waals surface area contributed by atoms with Gasteiger partial charge in [-0.1, -0.05) is 12.1 Å². The predicted octanol–water partition coefficient (Wildman–Crippen LogP) is 1.71. The molecule has 2 aromatic carbocycles. The Bertz CT molecular complexity index is 1150. The van der Waals surface area contributed by atoms with Gasteiger partial charge >= 0.3 is 0 Å². The van der Waals surface area contributed by atoms with Gasteiger partial charge in [-0.2, -0.15) is 4.31 Å². The molecular formula is C20H22N6O4S. The number of hydrogen-bond donors (Lipinski definition) is 1. The smallest absolute Gasteiger partial charge is 0.243 e. The maximum atomic E-state index is 13.1. The molecule has 0 bridgehead atoms. The van der Waals surface area contributed by atoms with Crippen LogP contribution in [0, 0.1) is 5.92 Å². The number of piperidine rings is 1. The van der Waals surface area contributed by atoms with Crippen molar-refractivity contribution in [2.45, 2.75) is 17.7 Å². The Morgan fingerprint density at radius 1 is 1.16 bits per heavy atom. The molecule has 1 aliphatic heterocycles. The van der Waals surface area contributed by atoms with Gasteiger partial charge in [0.05, 0.1) is 29.3 Å². The fourth-order valence-corrected chi connectivity index (χ4v) is 5.08. The summed E-state index contributed by atoms with van der Waals surface area (Å²) in [6.45, 7) is 0.494. The second kappa shape index (κ2) is 8.82. The maximum Gasteiger partial charge on any atom is 0.243 e. The summed E-state index contributed by atoms with van der Waals surface area (Å²) in [6.07, 6.45) is 2.65. The lowest BCUT2D eigenvalue weighted by Crippen LogP contribution is -2.43. The third-order valence-electron chi connectivity index (χ3n) is 5.21. The number of hydrogen-bond acceptors (Lipinski definition) is 7. The van der Waals surface area contributed by atoms with Crippen molar-refractivity contribution in [1.82, 2.24) is 24.5 Å². The van der Waals surface area contributed by atoms with Crippen molar-refractivity contribution in [2.24, 2.45) is 5.92 Å². The van der Waals surface area contributed by atoms with Gasteiger partial charge in [-0.15, -0.1) is 5.10 Å². The van der Waals surface area contributed by atoms with Gasteiger partial charge in [-0.25, -0.2) is 13.1 Å². The molecule has 1 saturated heterocycles. The van der Waals surface area contributed by atoms with Crippen molar-refractivity contribution in [2.75, 3.05) is 25.5 Å². The summed E-state index contributed by atoms with van der Waals surface area (Å²) in [6, 6.07) is 13.4. The van der Waals surface area contributed by atoms with Crippen molar-refractivity contribution in [3.8, 4) is 11.4 Å². The lowest BCUT2D eigenvalue weighted by Gasteiger charge is -2.31. The molecule has 3 aromatic rings. The van der Waals surface area contributed by atoms with Crippen LogP contribution in [-0.4, -0.2) is 59.0 Å². The number of nitrogens with one attached hydrogen (secondary N) is 1. The number of carbonyl (C=O) groups is 1. The van der Waals surface area contributed by atoms with Gasteiger partial charge in [0.15, 0.2) is 0 Å². The molecule has 0 saturated carbocycles. The topological polar surface area (TPSA) is 119 Å². The standard InChI is InChI=1S/C20H22N6O4S/c1-30-19-7-3-2-6-18(19)22-20(27)15-5-4-12-25(13-15)31(28,29)17-10-8-16(9-11-17)26-14-21-23-24-26/h2-3,6-11,14-15H,4-5,12-13H2,1H3,(H,22,27)/t15-/m1/s1. The second-order valence-corrected chi connectivity index (χ2v) is 9.08. The van der Waals surface area contributed by atoms with Crippen LogP contribution in [0.25, 0.3) is 5.69 Å². The second-order valence-electron chi connectivity index (χ2n) is 7.14. The first kappa shape index (κ1) is 20.9. The van der Waals surface area contributed by atoms with Gasteiger partial charge in [0.1, 0.15) is 12.1 Å². The summed E-state index contributed by atoms with van der Waals surface area (Å²) in [5, 5.41) is 13.8. The van der Waals surface area contributed by atoms with Crippen LogP contribution in [0.1, 0.15) is 12.8 Å². The summed E-state index contributed by atoms with van der Waals surface area (Å²) in [7, 11) is -2.20. The van der Waals surface area contributed by atoms with Crippen molar-refractivity contribution >= 4 is 21.6 Å². The van der Waals surface area contributed by atoms with E-state index >= 15 is 0 Å². The number of amides is 1. The molecule has 10 nitrogen and oxygen atoms in total. The molecule has 31 heavy (non-hydrogen) atoms. The highest BCUT2D eigenvalue weighted by molar-refractivity contribution is 7.89. The third kappa shape index (κ3) is 4.42. The van der Waals surface area contributed by atoms with E-state index < -0.39 is 15.9 Å². The SMILES string of the molecule is COc1ccccc1NC(=O)[C@@H]1CCCN(S(=O)(=O)c2ccc(-n3cnnn3)cc2)C1. The molecule has 162 valence electrons. The van der Waals surface area contributed by atoms with E-state index in [4.69, 9.17) is 4.74 Å². The quantitative estimate of drug-likeness (QED) is 0.617. The molecule has 11 heteroatoms. The van der Waals surface area contributed by atoms with E-state index in [1.165, 1.54) is 34.6 Å². The van der Waals surface area contributed by atoms with Crippen LogP contribution >= 0.6 is 0 Å². The molecular weight excluding hydrogens is 420 g/mol. The minimum absolute atomic E-state index is 0.123. The fourth-order valence-electron chi connectivity index (χ4n) is 3.56. The zero-order valence-electron chi connectivity index (χ0n) is 16.9. The number of nitrogens with zero attached hydrogens (tertiary/aromatic N) is 5. The number of aromatic nitrogens is 4. The first-order valence-electron chi connectivity index (χ1n) is 9.76.